The number of hydrogen-bond acceptors (Lipinski definition) is 2. The Morgan fingerprint density at radius 3 is 2.53 bits per heavy atom. The fraction of sp³-hybridized carbons (Fsp3) is 1.00. The average Bonchev–Trinajstić information content (AvgIpc) is 2.21. The van der Waals surface area contributed by atoms with E-state index in [1.165, 1.54) is 19.3 Å². The van der Waals surface area contributed by atoms with Gasteiger partial charge in [0.05, 0.1) is 6.10 Å². The zero-order valence-electron chi connectivity index (χ0n) is 10.7. The van der Waals surface area contributed by atoms with Gasteiger partial charge in [-0.1, -0.05) is 13.3 Å². The minimum absolute atomic E-state index is 0.0611. The highest BCUT2D eigenvalue weighted by molar-refractivity contribution is 4.81. The van der Waals surface area contributed by atoms with Crippen molar-refractivity contribution in [2.75, 3.05) is 13.6 Å². The molecule has 0 aromatic rings. The molecule has 90 valence electrons. The van der Waals surface area contributed by atoms with Gasteiger partial charge in [-0.25, -0.2) is 0 Å². The molecule has 0 radical (unpaired) electrons. The lowest BCUT2D eigenvalue weighted by Gasteiger charge is -2.36. The molecule has 1 aliphatic carbocycles. The molecule has 1 aliphatic rings. The first-order valence-electron chi connectivity index (χ1n) is 6.42. The molecule has 0 aliphatic heterocycles. The van der Waals surface area contributed by atoms with E-state index >= 15 is 0 Å². The van der Waals surface area contributed by atoms with Crippen molar-refractivity contribution in [3.05, 3.63) is 0 Å². The summed E-state index contributed by atoms with van der Waals surface area (Å²) in [5.41, 5.74) is 0. The van der Waals surface area contributed by atoms with Gasteiger partial charge in [0.15, 0.2) is 0 Å². The Morgan fingerprint density at radius 1 is 1.33 bits per heavy atom. The molecule has 3 unspecified atom stereocenters. The van der Waals surface area contributed by atoms with Crippen molar-refractivity contribution in [3.63, 3.8) is 0 Å². The molecule has 0 aromatic heterocycles. The Balaban J connectivity index is 2.44. The van der Waals surface area contributed by atoms with Crippen LogP contribution in [0.5, 0.6) is 0 Å². The van der Waals surface area contributed by atoms with Crippen molar-refractivity contribution >= 4 is 0 Å². The third kappa shape index (κ3) is 3.76. The van der Waals surface area contributed by atoms with Crippen LogP contribution in [0.15, 0.2) is 0 Å². The first-order valence-corrected chi connectivity index (χ1v) is 6.42. The van der Waals surface area contributed by atoms with E-state index in [0.29, 0.717) is 12.0 Å². The largest absolute Gasteiger partial charge is 0.393 e. The van der Waals surface area contributed by atoms with Gasteiger partial charge in [0.1, 0.15) is 0 Å². The van der Waals surface area contributed by atoms with E-state index < -0.39 is 0 Å². The molecule has 1 fully saturated rings. The third-order valence-corrected chi connectivity index (χ3v) is 4.03. The highest BCUT2D eigenvalue weighted by Gasteiger charge is 2.29. The van der Waals surface area contributed by atoms with Crippen molar-refractivity contribution < 1.29 is 5.11 Å². The van der Waals surface area contributed by atoms with Crippen LogP contribution in [0.25, 0.3) is 0 Å². The summed E-state index contributed by atoms with van der Waals surface area (Å²) in [5, 5.41) is 9.99. The molecular weight excluding hydrogens is 186 g/mol. The standard InChI is InChI=1S/C13H27NO/c1-5-11-6-7-13(15)12(8-11)9-14(4)10(2)3/h10-13,15H,5-9H2,1-4H3. The van der Waals surface area contributed by atoms with Crippen molar-refractivity contribution in [3.8, 4) is 0 Å². The number of aliphatic hydroxyl groups is 1. The summed E-state index contributed by atoms with van der Waals surface area (Å²) in [6, 6.07) is 0.583. The zero-order valence-corrected chi connectivity index (χ0v) is 10.7. The number of hydrogen-bond donors (Lipinski definition) is 1. The highest BCUT2D eigenvalue weighted by atomic mass is 16.3. The Kier molecular flexibility index (Phi) is 5.07. The predicted molar refractivity (Wildman–Crippen MR) is 64.9 cm³/mol. The van der Waals surface area contributed by atoms with Gasteiger partial charge in [-0.3, -0.25) is 0 Å². The van der Waals surface area contributed by atoms with Crippen molar-refractivity contribution in [1.29, 1.82) is 0 Å². The summed E-state index contributed by atoms with van der Waals surface area (Å²) >= 11 is 0. The number of aliphatic hydroxyl groups excluding tert-OH is 1. The van der Waals surface area contributed by atoms with Crippen LogP contribution in [0.1, 0.15) is 46.5 Å². The molecule has 0 saturated heterocycles. The Morgan fingerprint density at radius 2 is 2.00 bits per heavy atom. The topological polar surface area (TPSA) is 23.5 Å². The van der Waals surface area contributed by atoms with Crippen LogP contribution in [0.2, 0.25) is 0 Å². The van der Waals surface area contributed by atoms with Gasteiger partial charge in [0.25, 0.3) is 0 Å². The second-order valence-electron chi connectivity index (χ2n) is 5.45. The SMILES string of the molecule is CCC1CCC(O)C(CN(C)C(C)C)C1. The minimum Gasteiger partial charge on any atom is -0.393 e. The quantitative estimate of drug-likeness (QED) is 0.775. The van der Waals surface area contributed by atoms with Crippen LogP contribution < -0.4 is 0 Å². The van der Waals surface area contributed by atoms with E-state index in [9.17, 15) is 5.11 Å². The average molecular weight is 213 g/mol. The monoisotopic (exact) mass is 213 g/mol. The molecule has 3 atom stereocenters. The molecule has 0 heterocycles. The van der Waals surface area contributed by atoms with Crippen LogP contribution in [-0.2, 0) is 0 Å². The molecule has 0 aromatic carbocycles. The van der Waals surface area contributed by atoms with Crippen LogP contribution in [0, 0.1) is 11.8 Å². The normalized spacial score (nSPS) is 32.6. The van der Waals surface area contributed by atoms with Crippen LogP contribution in [0.4, 0.5) is 0 Å². The fourth-order valence-electron chi connectivity index (χ4n) is 2.49. The summed E-state index contributed by atoms with van der Waals surface area (Å²) < 4.78 is 0. The molecule has 1 N–H and O–H groups in total. The van der Waals surface area contributed by atoms with E-state index in [1.54, 1.807) is 0 Å². The fourth-order valence-corrected chi connectivity index (χ4v) is 2.49. The third-order valence-electron chi connectivity index (χ3n) is 4.03. The minimum atomic E-state index is -0.0611. The lowest BCUT2D eigenvalue weighted by molar-refractivity contribution is 0.0265. The summed E-state index contributed by atoms with van der Waals surface area (Å²) in [5.74, 6) is 1.34. The van der Waals surface area contributed by atoms with E-state index in [-0.39, 0.29) is 6.10 Å². The van der Waals surface area contributed by atoms with Crippen molar-refractivity contribution in [2.24, 2.45) is 11.8 Å². The van der Waals surface area contributed by atoms with Gasteiger partial charge in [0.2, 0.25) is 0 Å². The molecule has 1 rings (SSSR count). The summed E-state index contributed by atoms with van der Waals surface area (Å²) in [6.45, 7) is 7.75. The molecular formula is C13H27NO. The predicted octanol–water partition coefficient (Wildman–Crippen LogP) is 2.51. The van der Waals surface area contributed by atoms with Crippen LogP contribution in [-0.4, -0.2) is 35.7 Å². The van der Waals surface area contributed by atoms with Crippen LogP contribution in [0.3, 0.4) is 0 Å². The molecule has 15 heavy (non-hydrogen) atoms. The summed E-state index contributed by atoms with van der Waals surface area (Å²) in [7, 11) is 2.16. The number of rotatable bonds is 4. The van der Waals surface area contributed by atoms with Gasteiger partial charge in [0, 0.05) is 12.6 Å². The van der Waals surface area contributed by atoms with E-state index in [2.05, 4.69) is 32.7 Å². The maximum Gasteiger partial charge on any atom is 0.0580 e. The maximum atomic E-state index is 9.99. The van der Waals surface area contributed by atoms with Gasteiger partial charge < -0.3 is 10.0 Å². The summed E-state index contributed by atoms with van der Waals surface area (Å²) in [4.78, 5) is 2.35. The maximum absolute atomic E-state index is 9.99. The number of nitrogens with zero attached hydrogens (tertiary/aromatic N) is 1. The van der Waals surface area contributed by atoms with Crippen molar-refractivity contribution in [1.82, 2.24) is 4.90 Å². The van der Waals surface area contributed by atoms with Gasteiger partial charge in [-0.05, 0) is 52.0 Å². The molecule has 0 spiro atoms. The van der Waals surface area contributed by atoms with Crippen LogP contribution >= 0.6 is 0 Å². The Hall–Kier alpha value is -0.0800. The molecule has 1 saturated carbocycles. The first kappa shape index (κ1) is 13.0. The van der Waals surface area contributed by atoms with E-state index in [1.807, 2.05) is 0 Å². The molecule has 2 nitrogen and oxygen atoms in total. The molecule has 0 bridgehead atoms. The van der Waals surface area contributed by atoms with E-state index in [4.69, 9.17) is 0 Å². The molecule has 2 heteroatoms. The highest BCUT2D eigenvalue weighted by Crippen LogP contribution is 2.31. The van der Waals surface area contributed by atoms with Gasteiger partial charge in [-0.15, -0.1) is 0 Å². The summed E-state index contributed by atoms with van der Waals surface area (Å²) in [6.07, 6.45) is 4.66. The first-order chi connectivity index (χ1) is 7.04. The molecule has 0 amide bonds. The van der Waals surface area contributed by atoms with Gasteiger partial charge >= 0.3 is 0 Å². The zero-order chi connectivity index (χ0) is 11.4. The van der Waals surface area contributed by atoms with E-state index in [0.717, 1.165) is 18.9 Å². The Labute approximate surface area is 94.7 Å². The second-order valence-corrected chi connectivity index (χ2v) is 5.45. The second kappa shape index (κ2) is 5.86. The smallest absolute Gasteiger partial charge is 0.0580 e. The Bertz CT molecular complexity index is 181. The lowest BCUT2D eigenvalue weighted by Crippen LogP contribution is -2.39. The van der Waals surface area contributed by atoms with Crippen molar-refractivity contribution in [2.45, 2.75) is 58.6 Å². The lowest BCUT2D eigenvalue weighted by atomic mass is 9.78. The van der Waals surface area contributed by atoms with Gasteiger partial charge in [-0.2, -0.15) is 0 Å².